The smallest absolute Gasteiger partial charge is 0.213 e. The summed E-state index contributed by atoms with van der Waals surface area (Å²) >= 11 is 3.40. The number of hydrogen-bond donors (Lipinski definition) is 0. The highest BCUT2D eigenvalue weighted by Crippen LogP contribution is 2.55. The average molecular weight is 1520 g/mol. The van der Waals surface area contributed by atoms with E-state index in [-0.39, 0.29) is 17.1 Å². The lowest BCUT2D eigenvalue weighted by molar-refractivity contribution is 0.673. The molecule has 0 radical (unpaired) electrons. The monoisotopic (exact) mass is 1520 g/mol. The van der Waals surface area contributed by atoms with Gasteiger partial charge in [-0.25, -0.2) is 19.8 Å². The van der Waals surface area contributed by atoms with Gasteiger partial charge in [0.2, 0.25) is 5.69 Å². The predicted octanol–water partition coefficient (Wildman–Crippen LogP) is 29.7. The largest absolute Gasteiger partial charge is 0.455 e. The number of furan rings is 1. The Balaban J connectivity index is 0.950. The van der Waals surface area contributed by atoms with Crippen LogP contribution in [0.2, 0.25) is 0 Å². The van der Waals surface area contributed by atoms with Crippen LogP contribution < -0.4 is 0 Å². The van der Waals surface area contributed by atoms with Crippen LogP contribution in [0, 0.1) is 6.57 Å². The van der Waals surface area contributed by atoms with Crippen molar-refractivity contribution < 1.29 is 18.1 Å². The Kier molecular flexibility index (Phi) is 12.6. The lowest BCUT2D eigenvalue weighted by atomic mass is 10.0. The van der Waals surface area contributed by atoms with Gasteiger partial charge in [0.1, 0.15) is 11.2 Å². The van der Waals surface area contributed by atoms with E-state index in [0.29, 0.717) is 50.3 Å². The Labute approximate surface area is 686 Å². The zero-order valence-electron chi connectivity index (χ0n) is 71.3. The Bertz CT molecular complexity index is 8780. The van der Waals surface area contributed by atoms with E-state index in [1.807, 2.05) is 97.1 Å². The Hall–Kier alpha value is -15.1. The maximum absolute atomic E-state index is 10.3. The summed E-state index contributed by atoms with van der Waals surface area (Å²) in [5, 5.41) is 11.1. The van der Waals surface area contributed by atoms with Crippen molar-refractivity contribution >= 4 is 156 Å². The van der Waals surface area contributed by atoms with Gasteiger partial charge in [0.25, 0.3) is 0 Å². The Morgan fingerprint density at radius 3 is 1.09 bits per heavy atom. The van der Waals surface area contributed by atoms with E-state index in [4.69, 9.17) is 27.0 Å². The van der Waals surface area contributed by atoms with Gasteiger partial charge in [0, 0.05) is 94.7 Å². The summed E-state index contributed by atoms with van der Waals surface area (Å²) in [5.41, 5.74) is 16.0. The molecule has 0 saturated carbocycles. The fourth-order valence-electron chi connectivity index (χ4n) is 17.7. The molecular weight excluding hydrogens is 1450 g/mol. The van der Waals surface area contributed by atoms with Crippen molar-refractivity contribution in [3.63, 3.8) is 0 Å². The average Bonchev–Trinajstić information content (AvgIpc) is 1.53. The van der Waals surface area contributed by atoms with E-state index in [1.165, 1.54) is 0 Å². The summed E-state index contributed by atoms with van der Waals surface area (Å²) in [6, 6.07) is 100. The number of para-hydroxylation sites is 1. The topological polar surface area (TPSA) is 71.0 Å². The number of benzene rings is 17. The molecule has 7 aromatic heterocycles. The fraction of sp³-hybridized carbons (Fsp3) is 0. The first-order chi connectivity index (χ1) is 61.6. The van der Waals surface area contributed by atoms with Crippen LogP contribution in [0.1, 0.15) is 13.7 Å². The highest BCUT2D eigenvalue weighted by molar-refractivity contribution is 7.27. The molecule has 538 valence electrons. The number of nitrogens with zero attached hydrogens (tertiary/aromatic N) is 7. The molecule has 8 nitrogen and oxygen atoms in total. The van der Waals surface area contributed by atoms with E-state index < -0.39 is 83.2 Å². The normalized spacial score (nSPS) is 13.2. The van der Waals surface area contributed by atoms with E-state index in [2.05, 4.69) is 220 Å². The van der Waals surface area contributed by atoms with E-state index in [1.54, 1.807) is 28.7 Å². The molecule has 0 amide bonds. The summed E-state index contributed by atoms with van der Waals surface area (Å²) in [5.74, 6) is -1.21. The highest BCUT2D eigenvalue weighted by atomic mass is 32.1. The van der Waals surface area contributed by atoms with Crippen LogP contribution >= 0.6 is 22.7 Å². The molecule has 24 rings (SSSR count). The SMILES string of the molecule is [2H]c1c([2H])c([2H])c(-c2nc(-c3cc([N+]#[C-])c(-n4c5ccc(-c6ccccc6)cc5c5c6sc7ccc(-c8ccccc8)cc7c6ccc54)c(-n4c5ccc(-c6ccccc6)cc5c5c6oc7ccccc7c6ccc54)c3-n3c4ccc(-c5ccccc5)cc4c4c5sc6ccc(-c7ccccc7)cc6c5ccc43)nc(-c3c([2H])c([2H])c([2H])c([2H])c3[2H])n2)c([2H])c1[2H]. The van der Waals surface area contributed by atoms with Gasteiger partial charge in [-0.05, 0) is 153 Å². The maximum atomic E-state index is 10.3. The maximum Gasteiger partial charge on any atom is 0.213 e. The van der Waals surface area contributed by atoms with Crippen molar-refractivity contribution in [2.75, 3.05) is 0 Å². The molecule has 0 aliphatic rings. The van der Waals surface area contributed by atoms with E-state index in [0.717, 1.165) is 150 Å². The molecule has 0 saturated heterocycles. The third-order valence-corrected chi connectivity index (χ3v) is 25.3. The van der Waals surface area contributed by atoms with Crippen molar-refractivity contribution in [3.8, 4) is 107 Å². The second-order valence-electron chi connectivity index (χ2n) is 29.2. The van der Waals surface area contributed by atoms with E-state index in [9.17, 15) is 17.5 Å². The molecule has 0 unspecified atom stereocenters. The summed E-state index contributed by atoms with van der Waals surface area (Å²) in [4.78, 5) is 20.6. The standard InChI is InChI=1S/C106H61N7OS2/c1-107-85-62-84(106-109-104(68-35-19-7-20-36-68)108-105(110-106)69-37-21-8-22-38-69)98(111-87-50-42-71(64-27-11-3-12-28-64)60-82(87)96-90(111)53-47-77-79-57-73(66-31-15-5-16-32-66)44-55-93(79)115-102(77)96)100(113-86-49-41-70(63-25-9-2-10-26-63)59-81(86)95-89(113)52-46-76-75-39-23-24-40-92(75)114-101(76)95)99(85)112-88-51-43-72(65-29-13-4-14-30-65)61-83(88)97-91(112)54-48-78-80-58-74(67-33-17-6-18-34-67)45-56-94(80)116-103(78)97/h2-62H/i7D,8D,19D,20D,21D,22D,35D,36D,37D,38D. The minimum absolute atomic E-state index is 0.0710. The summed E-state index contributed by atoms with van der Waals surface area (Å²) in [7, 11) is 0. The third kappa shape index (κ3) is 10.1. The van der Waals surface area contributed by atoms with Gasteiger partial charge < -0.3 is 18.1 Å². The first-order valence-electron chi connectivity index (χ1n) is 43.2. The molecule has 17 aromatic carbocycles. The van der Waals surface area contributed by atoms with Gasteiger partial charge in [-0.1, -0.05) is 273 Å². The molecule has 0 fully saturated rings. The van der Waals surface area contributed by atoms with Crippen LogP contribution in [0.15, 0.2) is 374 Å². The zero-order valence-corrected chi connectivity index (χ0v) is 62.9. The predicted molar refractivity (Wildman–Crippen MR) is 486 cm³/mol. The molecule has 0 aliphatic heterocycles. The molecule has 0 bridgehead atoms. The number of hydrogen-bond acceptors (Lipinski definition) is 6. The van der Waals surface area contributed by atoms with Gasteiger partial charge in [0.05, 0.1) is 75.8 Å². The van der Waals surface area contributed by atoms with Crippen LogP contribution in [0.4, 0.5) is 5.69 Å². The van der Waals surface area contributed by atoms with Gasteiger partial charge in [-0.2, -0.15) is 0 Å². The summed E-state index contributed by atoms with van der Waals surface area (Å²) in [6.45, 7) is 10.3. The molecular formula is C106H61N7OS2. The zero-order chi connectivity index (χ0) is 84.9. The fourth-order valence-corrected chi connectivity index (χ4v) is 20.2. The van der Waals surface area contributed by atoms with Crippen LogP contribution in [0.3, 0.4) is 0 Å². The van der Waals surface area contributed by atoms with Crippen molar-refractivity contribution in [3.05, 3.63) is 381 Å². The van der Waals surface area contributed by atoms with E-state index >= 15 is 0 Å². The van der Waals surface area contributed by atoms with Gasteiger partial charge in [-0.3, -0.25) is 0 Å². The molecule has 0 atom stereocenters. The number of aromatic nitrogens is 6. The van der Waals surface area contributed by atoms with Gasteiger partial charge in [-0.15, -0.1) is 22.7 Å². The van der Waals surface area contributed by atoms with Crippen molar-refractivity contribution in [2.24, 2.45) is 0 Å². The van der Waals surface area contributed by atoms with Crippen molar-refractivity contribution in [1.82, 2.24) is 28.7 Å². The number of rotatable bonds is 11. The number of fused-ring (bicyclic) bond motifs is 21. The minimum Gasteiger partial charge on any atom is -0.455 e. The Morgan fingerprint density at radius 1 is 0.284 bits per heavy atom. The van der Waals surface area contributed by atoms with Crippen LogP contribution in [-0.4, -0.2) is 28.7 Å². The lowest BCUT2D eigenvalue weighted by Gasteiger charge is -2.26. The second-order valence-corrected chi connectivity index (χ2v) is 31.3. The van der Waals surface area contributed by atoms with Crippen LogP contribution in [-0.2, 0) is 0 Å². The van der Waals surface area contributed by atoms with Crippen molar-refractivity contribution in [2.45, 2.75) is 0 Å². The quantitative estimate of drug-likeness (QED) is 0.121. The molecule has 24 aromatic rings. The molecule has 116 heavy (non-hydrogen) atoms. The Morgan fingerprint density at radius 2 is 0.647 bits per heavy atom. The van der Waals surface area contributed by atoms with Gasteiger partial charge in [0.15, 0.2) is 17.5 Å². The second kappa shape index (κ2) is 26.0. The van der Waals surface area contributed by atoms with Crippen molar-refractivity contribution in [1.29, 1.82) is 0 Å². The third-order valence-electron chi connectivity index (χ3n) is 22.9. The first kappa shape index (κ1) is 56.1. The first-order valence-corrected chi connectivity index (χ1v) is 39.8. The number of thiophene rings is 2. The van der Waals surface area contributed by atoms with Gasteiger partial charge >= 0.3 is 0 Å². The molecule has 10 heteroatoms. The molecule has 0 spiro atoms. The molecule has 7 heterocycles. The van der Waals surface area contributed by atoms with Crippen LogP contribution in [0.25, 0.3) is 239 Å². The summed E-state index contributed by atoms with van der Waals surface area (Å²) in [6.07, 6.45) is 0. The summed E-state index contributed by atoms with van der Waals surface area (Å²) < 4.78 is 112. The lowest BCUT2D eigenvalue weighted by Crippen LogP contribution is -2.12. The molecule has 0 N–H and O–H groups in total. The van der Waals surface area contributed by atoms with Crippen LogP contribution in [0.5, 0.6) is 0 Å². The molecule has 0 aliphatic carbocycles. The minimum atomic E-state index is -0.698. The highest BCUT2D eigenvalue weighted by Gasteiger charge is 2.34.